The van der Waals surface area contributed by atoms with E-state index in [2.05, 4.69) is 62.2 Å². The molecule has 0 amide bonds. The van der Waals surface area contributed by atoms with Crippen LogP contribution in [0.15, 0.2) is 24.3 Å². The van der Waals surface area contributed by atoms with Gasteiger partial charge in [-0.3, -0.25) is 0 Å². The highest BCUT2D eigenvalue weighted by molar-refractivity contribution is 6.28. The first-order valence-electron chi connectivity index (χ1n) is 6.52. The molecule has 0 saturated heterocycles. The van der Waals surface area contributed by atoms with Crippen LogP contribution in [0.25, 0.3) is 0 Å². The van der Waals surface area contributed by atoms with Crippen molar-refractivity contribution in [2.45, 2.75) is 46.1 Å². The van der Waals surface area contributed by atoms with Gasteiger partial charge in [0.15, 0.2) is 0 Å². The van der Waals surface area contributed by atoms with Crippen molar-refractivity contribution in [3.05, 3.63) is 46.5 Å². The van der Waals surface area contributed by atoms with Crippen LogP contribution in [0.1, 0.15) is 37.7 Å². The summed E-state index contributed by atoms with van der Waals surface area (Å²) < 4.78 is 2.00. The molecule has 2 aromatic rings. The molecule has 19 heavy (non-hydrogen) atoms. The van der Waals surface area contributed by atoms with Gasteiger partial charge in [0, 0.05) is 12.0 Å². The maximum absolute atomic E-state index is 6.14. The first-order chi connectivity index (χ1) is 8.88. The quantitative estimate of drug-likeness (QED) is 0.855. The lowest BCUT2D eigenvalue weighted by molar-refractivity contribution is 0.497. The molecule has 0 N–H and O–H groups in total. The van der Waals surface area contributed by atoms with Gasteiger partial charge in [-0.25, -0.2) is 0 Å². The molecule has 0 bridgehead atoms. The molecule has 0 aliphatic carbocycles. The van der Waals surface area contributed by atoms with Crippen molar-refractivity contribution in [1.29, 1.82) is 0 Å². The Hall–Kier alpha value is -1.35. The van der Waals surface area contributed by atoms with E-state index < -0.39 is 0 Å². The Labute approximate surface area is 119 Å². The second-order valence-electron chi connectivity index (χ2n) is 5.93. The molecule has 0 radical (unpaired) electrons. The van der Waals surface area contributed by atoms with Crippen LogP contribution in [0.2, 0.25) is 5.28 Å². The number of halogens is 1. The average Bonchev–Trinajstić information content (AvgIpc) is 2.68. The Bertz CT molecular complexity index is 567. The van der Waals surface area contributed by atoms with Gasteiger partial charge in [0.05, 0.1) is 0 Å². The fourth-order valence-electron chi connectivity index (χ4n) is 2.15. The highest BCUT2D eigenvalue weighted by atomic mass is 35.5. The predicted molar refractivity (Wildman–Crippen MR) is 78.6 cm³/mol. The first kappa shape index (κ1) is 14.1. The molecule has 0 atom stereocenters. The standard InChI is InChI=1S/C15H20ClN3/c1-11-6-5-7-12(10-11)8-9-19-13(15(2,3)4)17-18-14(19)16/h5-7,10H,8-9H2,1-4H3. The summed E-state index contributed by atoms with van der Waals surface area (Å²) >= 11 is 6.14. The van der Waals surface area contributed by atoms with Crippen LogP contribution in [0.5, 0.6) is 0 Å². The molecule has 1 heterocycles. The molecule has 4 heteroatoms. The van der Waals surface area contributed by atoms with Crippen LogP contribution in [-0.2, 0) is 18.4 Å². The molecule has 102 valence electrons. The van der Waals surface area contributed by atoms with E-state index in [0.29, 0.717) is 5.28 Å². The van der Waals surface area contributed by atoms with E-state index in [1.807, 2.05) is 4.57 Å². The monoisotopic (exact) mass is 277 g/mol. The summed E-state index contributed by atoms with van der Waals surface area (Å²) in [5.41, 5.74) is 2.54. The second-order valence-corrected chi connectivity index (χ2v) is 6.27. The number of rotatable bonds is 3. The molecule has 0 saturated carbocycles. The lowest BCUT2D eigenvalue weighted by Crippen LogP contribution is -2.20. The maximum Gasteiger partial charge on any atom is 0.225 e. The van der Waals surface area contributed by atoms with E-state index in [1.54, 1.807) is 0 Å². The van der Waals surface area contributed by atoms with Crippen LogP contribution in [0.4, 0.5) is 0 Å². The fraction of sp³-hybridized carbons (Fsp3) is 0.467. The van der Waals surface area contributed by atoms with E-state index in [-0.39, 0.29) is 5.41 Å². The first-order valence-corrected chi connectivity index (χ1v) is 6.90. The third-order valence-electron chi connectivity index (χ3n) is 3.08. The van der Waals surface area contributed by atoms with E-state index in [0.717, 1.165) is 18.8 Å². The van der Waals surface area contributed by atoms with Crippen LogP contribution >= 0.6 is 11.6 Å². The highest BCUT2D eigenvalue weighted by Crippen LogP contribution is 2.23. The average molecular weight is 278 g/mol. The summed E-state index contributed by atoms with van der Waals surface area (Å²) in [4.78, 5) is 0. The number of hydrogen-bond acceptors (Lipinski definition) is 2. The molecule has 0 aliphatic rings. The maximum atomic E-state index is 6.14. The van der Waals surface area contributed by atoms with E-state index in [1.165, 1.54) is 11.1 Å². The zero-order chi connectivity index (χ0) is 14.0. The van der Waals surface area contributed by atoms with Gasteiger partial charge in [0.1, 0.15) is 5.82 Å². The molecular formula is C15H20ClN3. The molecule has 0 unspecified atom stereocenters. The smallest absolute Gasteiger partial charge is 0.225 e. The molecule has 3 nitrogen and oxygen atoms in total. The molecule has 0 aliphatic heterocycles. The minimum absolute atomic E-state index is 0.0489. The Morgan fingerprint density at radius 1 is 1.21 bits per heavy atom. The van der Waals surface area contributed by atoms with Crippen LogP contribution in [0.3, 0.4) is 0 Å². The van der Waals surface area contributed by atoms with Crippen LogP contribution < -0.4 is 0 Å². The van der Waals surface area contributed by atoms with Crippen molar-refractivity contribution >= 4 is 11.6 Å². The summed E-state index contributed by atoms with van der Waals surface area (Å²) in [5, 5.41) is 8.66. The van der Waals surface area contributed by atoms with E-state index in [4.69, 9.17) is 11.6 Å². The van der Waals surface area contributed by atoms with Gasteiger partial charge < -0.3 is 4.57 Å². The van der Waals surface area contributed by atoms with Gasteiger partial charge in [0.25, 0.3) is 0 Å². The zero-order valence-electron chi connectivity index (χ0n) is 11.9. The third-order valence-corrected chi connectivity index (χ3v) is 3.36. The van der Waals surface area contributed by atoms with Crippen molar-refractivity contribution < 1.29 is 0 Å². The molecule has 2 rings (SSSR count). The number of benzene rings is 1. The van der Waals surface area contributed by atoms with Crippen molar-refractivity contribution in [2.24, 2.45) is 0 Å². The Morgan fingerprint density at radius 3 is 2.58 bits per heavy atom. The van der Waals surface area contributed by atoms with Gasteiger partial charge in [-0.1, -0.05) is 50.6 Å². The van der Waals surface area contributed by atoms with Crippen molar-refractivity contribution in [1.82, 2.24) is 14.8 Å². The summed E-state index contributed by atoms with van der Waals surface area (Å²) in [5.74, 6) is 0.935. The third kappa shape index (κ3) is 3.35. The number of aromatic nitrogens is 3. The largest absolute Gasteiger partial charge is 0.301 e. The molecule has 1 aromatic heterocycles. The van der Waals surface area contributed by atoms with Crippen LogP contribution in [-0.4, -0.2) is 14.8 Å². The van der Waals surface area contributed by atoms with Crippen molar-refractivity contribution in [3.8, 4) is 0 Å². The SMILES string of the molecule is Cc1cccc(CCn2c(Cl)nnc2C(C)(C)C)c1. The van der Waals surface area contributed by atoms with Gasteiger partial charge in [-0.05, 0) is 30.5 Å². The summed E-state index contributed by atoms with van der Waals surface area (Å²) in [6.07, 6.45) is 0.933. The lowest BCUT2D eigenvalue weighted by atomic mass is 9.95. The topological polar surface area (TPSA) is 30.7 Å². The number of nitrogens with zero attached hydrogens (tertiary/aromatic N) is 3. The highest BCUT2D eigenvalue weighted by Gasteiger charge is 2.22. The number of aryl methyl sites for hydroxylation is 2. The molecule has 0 spiro atoms. The summed E-state index contributed by atoms with van der Waals surface area (Å²) in [6.45, 7) is 9.28. The zero-order valence-corrected chi connectivity index (χ0v) is 12.7. The summed E-state index contributed by atoms with van der Waals surface area (Å²) in [7, 11) is 0. The van der Waals surface area contributed by atoms with Gasteiger partial charge in [0.2, 0.25) is 5.28 Å². The van der Waals surface area contributed by atoms with Crippen molar-refractivity contribution in [3.63, 3.8) is 0 Å². The van der Waals surface area contributed by atoms with E-state index in [9.17, 15) is 0 Å². The Kier molecular flexibility index (Phi) is 3.95. The second kappa shape index (κ2) is 5.33. The molecule has 1 aromatic carbocycles. The van der Waals surface area contributed by atoms with Gasteiger partial charge >= 0.3 is 0 Å². The minimum atomic E-state index is -0.0489. The molecular weight excluding hydrogens is 258 g/mol. The number of hydrogen-bond donors (Lipinski definition) is 0. The van der Waals surface area contributed by atoms with Crippen LogP contribution in [0, 0.1) is 6.92 Å². The Morgan fingerprint density at radius 2 is 1.95 bits per heavy atom. The van der Waals surface area contributed by atoms with E-state index >= 15 is 0 Å². The van der Waals surface area contributed by atoms with Gasteiger partial charge in [-0.15, -0.1) is 10.2 Å². The normalized spacial score (nSPS) is 11.8. The molecule has 0 fully saturated rings. The lowest BCUT2D eigenvalue weighted by Gasteiger charge is -2.19. The predicted octanol–water partition coefficient (Wildman–Crippen LogP) is 3.78. The fourth-order valence-corrected chi connectivity index (χ4v) is 2.35. The summed E-state index contributed by atoms with van der Waals surface area (Å²) in [6, 6.07) is 8.54. The Balaban J connectivity index is 2.18. The van der Waals surface area contributed by atoms with Crippen molar-refractivity contribution in [2.75, 3.05) is 0 Å². The van der Waals surface area contributed by atoms with Gasteiger partial charge in [-0.2, -0.15) is 0 Å². The minimum Gasteiger partial charge on any atom is -0.301 e.